The topological polar surface area (TPSA) is 85.4 Å². The normalized spacial score (nSPS) is 12.9. The Morgan fingerprint density at radius 3 is 2.94 bits per heavy atom. The molecule has 18 heavy (non-hydrogen) atoms. The van der Waals surface area contributed by atoms with E-state index < -0.39 is 0 Å². The van der Waals surface area contributed by atoms with Gasteiger partial charge in [-0.25, -0.2) is 4.98 Å². The second-order valence-corrected chi connectivity index (χ2v) is 5.24. The van der Waals surface area contributed by atoms with E-state index in [0.29, 0.717) is 0 Å². The molecule has 0 bridgehead atoms. The molecule has 2 heterocycles. The van der Waals surface area contributed by atoms with Gasteiger partial charge in [0, 0.05) is 18.7 Å². The third-order valence-corrected chi connectivity index (χ3v) is 3.96. The molecular formula is C11H18N6S. The largest absolute Gasteiger partial charge is 0.327 e. The molecule has 0 aliphatic carbocycles. The average molecular weight is 266 g/mol. The lowest BCUT2D eigenvalue weighted by Gasteiger charge is -2.09. The molecule has 3 N–H and O–H groups in total. The van der Waals surface area contributed by atoms with Gasteiger partial charge in [-0.2, -0.15) is 10.2 Å². The van der Waals surface area contributed by atoms with Gasteiger partial charge < -0.3 is 5.73 Å². The van der Waals surface area contributed by atoms with E-state index in [1.165, 1.54) is 23.7 Å². The molecule has 7 heteroatoms. The molecule has 0 amide bonds. The fraction of sp³-hybridized carbons (Fsp3) is 0.545. The van der Waals surface area contributed by atoms with Crippen LogP contribution in [0.4, 0.5) is 0 Å². The molecule has 0 saturated heterocycles. The first kappa shape index (κ1) is 13.1. The summed E-state index contributed by atoms with van der Waals surface area (Å²) in [6.45, 7) is 4.11. The number of hydrogen-bond acceptors (Lipinski definition) is 5. The quantitative estimate of drug-likeness (QED) is 0.851. The van der Waals surface area contributed by atoms with Crippen molar-refractivity contribution >= 4 is 11.8 Å². The zero-order chi connectivity index (χ0) is 13.1. The minimum atomic E-state index is 0.168. The molecule has 0 radical (unpaired) electrons. The Balaban J connectivity index is 2.27. The highest BCUT2D eigenvalue weighted by Gasteiger charge is 2.17. The van der Waals surface area contributed by atoms with E-state index in [2.05, 4.69) is 27.2 Å². The van der Waals surface area contributed by atoms with Gasteiger partial charge in [-0.1, -0.05) is 6.92 Å². The lowest BCUT2D eigenvalue weighted by molar-refractivity contribution is 0.631. The van der Waals surface area contributed by atoms with E-state index in [0.717, 1.165) is 28.7 Å². The number of aromatic nitrogens is 5. The molecule has 1 unspecified atom stereocenters. The van der Waals surface area contributed by atoms with Crippen LogP contribution < -0.4 is 5.73 Å². The minimum Gasteiger partial charge on any atom is -0.327 e. The molecule has 2 rings (SSSR count). The van der Waals surface area contributed by atoms with Crippen LogP contribution in [-0.2, 0) is 13.5 Å². The summed E-state index contributed by atoms with van der Waals surface area (Å²) in [5.74, 6) is 0. The molecule has 0 saturated carbocycles. The highest BCUT2D eigenvalue weighted by atomic mass is 32.2. The van der Waals surface area contributed by atoms with E-state index in [-0.39, 0.29) is 6.04 Å². The first-order valence-corrected chi connectivity index (χ1v) is 6.74. The van der Waals surface area contributed by atoms with Gasteiger partial charge in [0.25, 0.3) is 0 Å². The van der Waals surface area contributed by atoms with Crippen molar-refractivity contribution in [3.05, 3.63) is 17.6 Å². The third kappa shape index (κ3) is 2.73. The molecule has 98 valence electrons. The summed E-state index contributed by atoms with van der Waals surface area (Å²) in [4.78, 5) is 4.13. The van der Waals surface area contributed by atoms with Crippen LogP contribution in [0, 0.1) is 6.92 Å². The van der Waals surface area contributed by atoms with Crippen molar-refractivity contribution in [1.29, 1.82) is 0 Å². The number of hydrogen-bond donors (Lipinski definition) is 2. The van der Waals surface area contributed by atoms with Crippen LogP contribution in [0.25, 0.3) is 0 Å². The Hall–Kier alpha value is -1.34. The monoisotopic (exact) mass is 266 g/mol. The maximum absolute atomic E-state index is 6.04. The van der Waals surface area contributed by atoms with Crippen LogP contribution in [0.2, 0.25) is 0 Å². The highest BCUT2D eigenvalue weighted by Crippen LogP contribution is 2.29. The molecular weight excluding hydrogens is 248 g/mol. The van der Waals surface area contributed by atoms with E-state index in [1.807, 2.05) is 18.7 Å². The standard InChI is InChI=1S/C11H18N6S/c1-4-8(12)5-9-7(2)16-17(3)10(9)18-11-13-6-14-15-11/h6,8H,4-5,12H2,1-3H3,(H,13,14,15). The van der Waals surface area contributed by atoms with Gasteiger partial charge in [-0.05, 0) is 31.5 Å². The van der Waals surface area contributed by atoms with E-state index in [1.54, 1.807) is 0 Å². The van der Waals surface area contributed by atoms with Gasteiger partial charge in [0.1, 0.15) is 11.4 Å². The Morgan fingerprint density at radius 2 is 2.33 bits per heavy atom. The lowest BCUT2D eigenvalue weighted by Crippen LogP contribution is -2.21. The molecule has 2 aromatic heterocycles. The van der Waals surface area contributed by atoms with E-state index in [4.69, 9.17) is 5.73 Å². The first-order chi connectivity index (χ1) is 8.61. The van der Waals surface area contributed by atoms with Crippen LogP contribution in [0.3, 0.4) is 0 Å². The van der Waals surface area contributed by atoms with Crippen molar-refractivity contribution in [3.63, 3.8) is 0 Å². The zero-order valence-electron chi connectivity index (χ0n) is 10.8. The minimum absolute atomic E-state index is 0.168. The highest BCUT2D eigenvalue weighted by molar-refractivity contribution is 7.99. The van der Waals surface area contributed by atoms with Crippen molar-refractivity contribution in [2.24, 2.45) is 12.8 Å². The van der Waals surface area contributed by atoms with Gasteiger partial charge in [0.05, 0.1) is 5.69 Å². The molecule has 1 atom stereocenters. The van der Waals surface area contributed by atoms with Crippen molar-refractivity contribution in [2.75, 3.05) is 0 Å². The van der Waals surface area contributed by atoms with Crippen molar-refractivity contribution in [3.8, 4) is 0 Å². The SMILES string of the molecule is CCC(N)Cc1c(C)nn(C)c1Sc1ncn[nH]1. The molecule has 0 aromatic carbocycles. The summed E-state index contributed by atoms with van der Waals surface area (Å²) in [6.07, 6.45) is 3.30. The van der Waals surface area contributed by atoms with Crippen molar-refractivity contribution < 1.29 is 0 Å². The summed E-state index contributed by atoms with van der Waals surface area (Å²) >= 11 is 1.54. The van der Waals surface area contributed by atoms with Gasteiger partial charge in [0.15, 0.2) is 5.16 Å². The number of rotatable bonds is 5. The van der Waals surface area contributed by atoms with Crippen LogP contribution in [0.1, 0.15) is 24.6 Å². The number of nitrogens with zero attached hydrogens (tertiary/aromatic N) is 4. The number of nitrogens with two attached hydrogens (primary N) is 1. The second kappa shape index (κ2) is 5.53. The third-order valence-electron chi connectivity index (χ3n) is 2.87. The Morgan fingerprint density at radius 1 is 1.56 bits per heavy atom. The summed E-state index contributed by atoms with van der Waals surface area (Å²) < 4.78 is 1.88. The van der Waals surface area contributed by atoms with Gasteiger partial charge >= 0.3 is 0 Å². The molecule has 0 aliphatic heterocycles. The lowest BCUT2D eigenvalue weighted by atomic mass is 10.1. The van der Waals surface area contributed by atoms with Crippen LogP contribution in [-0.4, -0.2) is 31.0 Å². The van der Waals surface area contributed by atoms with Gasteiger partial charge in [0.2, 0.25) is 0 Å². The summed E-state index contributed by atoms with van der Waals surface area (Å²) in [6, 6.07) is 0.168. The fourth-order valence-electron chi connectivity index (χ4n) is 1.79. The maximum Gasteiger partial charge on any atom is 0.189 e. The van der Waals surface area contributed by atoms with Crippen molar-refractivity contribution in [1.82, 2.24) is 25.0 Å². The summed E-state index contributed by atoms with van der Waals surface area (Å²) in [5, 5.41) is 13.0. The molecule has 2 aromatic rings. The number of aromatic amines is 1. The zero-order valence-corrected chi connectivity index (χ0v) is 11.7. The molecule has 0 aliphatic rings. The fourth-order valence-corrected chi connectivity index (χ4v) is 2.69. The van der Waals surface area contributed by atoms with Crippen molar-refractivity contribution in [2.45, 2.75) is 42.9 Å². The molecule has 0 fully saturated rings. The van der Waals surface area contributed by atoms with Crippen LogP contribution in [0.5, 0.6) is 0 Å². The summed E-state index contributed by atoms with van der Waals surface area (Å²) in [7, 11) is 1.94. The second-order valence-electron chi connectivity index (χ2n) is 4.26. The van der Waals surface area contributed by atoms with Crippen LogP contribution in [0.15, 0.2) is 16.5 Å². The molecule has 6 nitrogen and oxygen atoms in total. The Bertz CT molecular complexity index is 504. The molecule has 0 spiro atoms. The number of nitrogens with one attached hydrogen (secondary N) is 1. The van der Waals surface area contributed by atoms with Gasteiger partial charge in [-0.15, -0.1) is 0 Å². The number of aryl methyl sites for hydroxylation is 2. The Kier molecular flexibility index (Phi) is 4.03. The average Bonchev–Trinajstić information content (AvgIpc) is 2.93. The first-order valence-electron chi connectivity index (χ1n) is 5.93. The predicted octanol–water partition coefficient (Wildman–Crippen LogP) is 1.28. The smallest absolute Gasteiger partial charge is 0.189 e. The summed E-state index contributed by atoms with van der Waals surface area (Å²) in [5.41, 5.74) is 8.28. The number of H-pyrrole nitrogens is 1. The van der Waals surface area contributed by atoms with E-state index >= 15 is 0 Å². The predicted molar refractivity (Wildman–Crippen MR) is 70.4 cm³/mol. The Labute approximate surface area is 110 Å². The maximum atomic E-state index is 6.04. The van der Waals surface area contributed by atoms with Crippen LogP contribution >= 0.6 is 11.8 Å². The van der Waals surface area contributed by atoms with E-state index in [9.17, 15) is 0 Å². The van der Waals surface area contributed by atoms with Gasteiger partial charge in [-0.3, -0.25) is 9.78 Å².